The topological polar surface area (TPSA) is 52.9 Å². The molecule has 0 bridgehead atoms. The zero-order valence-electron chi connectivity index (χ0n) is 16.2. The highest BCUT2D eigenvalue weighted by Gasteiger charge is 2.41. The molecule has 29 heavy (non-hydrogen) atoms. The molecule has 1 unspecified atom stereocenters. The highest BCUT2D eigenvalue weighted by atomic mass is 79.9. The molecule has 0 fully saturated rings. The molecule has 1 aliphatic heterocycles. The van der Waals surface area contributed by atoms with E-state index in [2.05, 4.69) is 41.2 Å². The van der Waals surface area contributed by atoms with Crippen LogP contribution in [0.15, 0.2) is 69.8 Å². The molecule has 3 nitrogen and oxygen atoms in total. The van der Waals surface area contributed by atoms with Gasteiger partial charge in [0.1, 0.15) is 0 Å². The van der Waals surface area contributed by atoms with E-state index in [1.165, 1.54) is 0 Å². The van der Waals surface area contributed by atoms with Crippen molar-refractivity contribution in [2.75, 3.05) is 0 Å². The van der Waals surface area contributed by atoms with Crippen LogP contribution in [0.4, 0.5) is 0 Å². The Labute approximate surface area is 184 Å². The van der Waals surface area contributed by atoms with Crippen molar-refractivity contribution in [3.05, 3.63) is 86.0 Å². The van der Waals surface area contributed by atoms with Crippen LogP contribution in [0.1, 0.15) is 43.7 Å². The van der Waals surface area contributed by atoms with E-state index < -0.39 is 5.92 Å². The third-order valence-electron chi connectivity index (χ3n) is 5.50. The van der Waals surface area contributed by atoms with Gasteiger partial charge in [0, 0.05) is 27.2 Å². The van der Waals surface area contributed by atoms with Gasteiger partial charge < -0.3 is 5.32 Å². The van der Waals surface area contributed by atoms with Crippen molar-refractivity contribution >= 4 is 39.0 Å². The number of Topliss-reactive ketones (excluding diaryl/α,β-unsaturated/α-hetero) is 1. The smallest absolute Gasteiger partial charge is 0.162 e. The van der Waals surface area contributed by atoms with Crippen LogP contribution in [0.3, 0.4) is 0 Å². The van der Waals surface area contributed by atoms with Crippen LogP contribution >= 0.6 is 27.5 Å². The fraction of sp³-hybridized carbons (Fsp3) is 0.250. The van der Waals surface area contributed by atoms with Gasteiger partial charge in [-0.05, 0) is 47.2 Å². The lowest BCUT2D eigenvalue weighted by molar-refractivity contribution is -0.118. The second-order valence-electron chi connectivity index (χ2n) is 8.35. The molecule has 1 aliphatic carbocycles. The quantitative estimate of drug-likeness (QED) is 0.558. The SMILES string of the molecule is CC1(C)CC(=O)C2=C(C1)NC(c1ccc(Br)cc1)=C(C#N)C2c1ccc(Cl)cc1. The number of ketones is 1. The number of halogens is 2. The average molecular weight is 468 g/mol. The number of dihydropyridines is 1. The summed E-state index contributed by atoms with van der Waals surface area (Å²) in [6, 6.07) is 17.7. The Bertz CT molecular complexity index is 1090. The van der Waals surface area contributed by atoms with Crippen molar-refractivity contribution in [2.45, 2.75) is 32.6 Å². The lowest BCUT2D eigenvalue weighted by atomic mass is 9.68. The summed E-state index contributed by atoms with van der Waals surface area (Å²) < 4.78 is 0.972. The molecule has 2 aromatic carbocycles. The standard InChI is InChI=1S/C24H20BrClN2O/c1-24(2)11-19-22(20(29)12-24)21(14-5-9-17(26)10-6-14)18(13-27)23(28-19)15-3-7-16(25)8-4-15/h3-10,21,28H,11-12H2,1-2H3. The molecular formula is C24H20BrClN2O. The molecule has 1 atom stereocenters. The molecule has 2 aliphatic rings. The Morgan fingerprint density at radius 2 is 1.76 bits per heavy atom. The summed E-state index contributed by atoms with van der Waals surface area (Å²) >= 11 is 9.56. The van der Waals surface area contributed by atoms with Crippen molar-refractivity contribution in [3.63, 3.8) is 0 Å². The molecule has 4 rings (SSSR count). The summed E-state index contributed by atoms with van der Waals surface area (Å²) in [6.45, 7) is 4.22. The van der Waals surface area contributed by atoms with E-state index in [9.17, 15) is 10.1 Å². The summed E-state index contributed by atoms with van der Waals surface area (Å²) in [4.78, 5) is 13.2. The summed E-state index contributed by atoms with van der Waals surface area (Å²) in [5.74, 6) is -0.290. The Hall–Kier alpha value is -2.35. The van der Waals surface area contributed by atoms with Crippen LogP contribution in [0.2, 0.25) is 5.02 Å². The lowest BCUT2D eigenvalue weighted by Crippen LogP contribution is -2.37. The third-order valence-corrected chi connectivity index (χ3v) is 6.28. The maximum Gasteiger partial charge on any atom is 0.162 e. The van der Waals surface area contributed by atoms with Gasteiger partial charge in [-0.2, -0.15) is 5.26 Å². The van der Waals surface area contributed by atoms with Gasteiger partial charge in [0.25, 0.3) is 0 Å². The van der Waals surface area contributed by atoms with Crippen molar-refractivity contribution in [3.8, 4) is 6.07 Å². The van der Waals surface area contributed by atoms with E-state index in [0.29, 0.717) is 22.6 Å². The van der Waals surface area contributed by atoms with E-state index in [1.807, 2.05) is 48.5 Å². The number of carbonyl (C=O) groups excluding carboxylic acids is 1. The average Bonchev–Trinajstić information content (AvgIpc) is 2.67. The van der Waals surface area contributed by atoms with Crippen molar-refractivity contribution in [1.29, 1.82) is 5.26 Å². The maximum atomic E-state index is 13.2. The van der Waals surface area contributed by atoms with E-state index in [1.54, 1.807) is 0 Å². The molecule has 5 heteroatoms. The zero-order valence-corrected chi connectivity index (χ0v) is 18.6. The normalized spacial score (nSPS) is 20.8. The van der Waals surface area contributed by atoms with Gasteiger partial charge in [0.05, 0.1) is 23.3 Å². The number of nitrogens with one attached hydrogen (secondary N) is 1. The van der Waals surface area contributed by atoms with Crippen LogP contribution < -0.4 is 5.32 Å². The van der Waals surface area contributed by atoms with Crippen LogP contribution in [0.5, 0.6) is 0 Å². The van der Waals surface area contributed by atoms with Crippen molar-refractivity contribution < 1.29 is 4.79 Å². The largest absolute Gasteiger partial charge is 0.357 e. The summed E-state index contributed by atoms with van der Waals surface area (Å²) in [6.07, 6.45) is 1.24. The summed E-state index contributed by atoms with van der Waals surface area (Å²) in [5, 5.41) is 14.2. The molecule has 0 amide bonds. The van der Waals surface area contributed by atoms with Gasteiger partial charge in [0.15, 0.2) is 5.78 Å². The van der Waals surface area contributed by atoms with E-state index in [4.69, 9.17) is 11.6 Å². The van der Waals surface area contributed by atoms with Crippen LogP contribution in [0, 0.1) is 16.7 Å². The highest BCUT2D eigenvalue weighted by molar-refractivity contribution is 9.10. The first-order valence-corrected chi connectivity index (χ1v) is 10.6. The Morgan fingerprint density at radius 3 is 2.38 bits per heavy atom. The minimum absolute atomic E-state index is 0.103. The number of hydrogen-bond donors (Lipinski definition) is 1. The third kappa shape index (κ3) is 3.77. The molecule has 2 aromatic rings. The first kappa shape index (κ1) is 19.9. The van der Waals surface area contributed by atoms with Crippen LogP contribution in [0.25, 0.3) is 5.70 Å². The predicted octanol–water partition coefficient (Wildman–Crippen LogP) is 6.37. The summed E-state index contributed by atoms with van der Waals surface area (Å²) in [7, 11) is 0. The molecule has 0 saturated carbocycles. The van der Waals surface area contributed by atoms with E-state index in [0.717, 1.165) is 33.4 Å². The fourth-order valence-electron chi connectivity index (χ4n) is 4.24. The number of nitrogens with zero attached hydrogens (tertiary/aromatic N) is 1. The van der Waals surface area contributed by atoms with Gasteiger partial charge in [-0.15, -0.1) is 0 Å². The van der Waals surface area contributed by atoms with E-state index in [-0.39, 0.29) is 11.2 Å². The lowest BCUT2D eigenvalue weighted by Gasteiger charge is -2.39. The molecule has 0 radical (unpaired) electrons. The molecule has 1 N–H and O–H groups in total. The fourth-order valence-corrected chi connectivity index (χ4v) is 4.63. The van der Waals surface area contributed by atoms with Gasteiger partial charge in [-0.3, -0.25) is 4.79 Å². The first-order valence-electron chi connectivity index (χ1n) is 9.48. The van der Waals surface area contributed by atoms with E-state index >= 15 is 0 Å². The molecule has 0 spiro atoms. The number of nitriles is 1. The number of allylic oxidation sites excluding steroid dienone is 3. The molecule has 0 aromatic heterocycles. The first-order chi connectivity index (χ1) is 13.8. The Morgan fingerprint density at radius 1 is 1.10 bits per heavy atom. The molecule has 0 saturated heterocycles. The summed E-state index contributed by atoms with van der Waals surface area (Å²) in [5.41, 5.74) is 4.66. The van der Waals surface area contributed by atoms with Gasteiger partial charge >= 0.3 is 0 Å². The maximum absolute atomic E-state index is 13.2. The minimum atomic E-state index is -0.393. The van der Waals surface area contributed by atoms with Gasteiger partial charge in [0.2, 0.25) is 0 Å². The number of hydrogen-bond acceptors (Lipinski definition) is 3. The van der Waals surface area contributed by atoms with Crippen molar-refractivity contribution in [1.82, 2.24) is 5.32 Å². The number of carbonyl (C=O) groups is 1. The molecule has 1 heterocycles. The Balaban J connectivity index is 1.94. The molecule has 146 valence electrons. The second kappa shape index (κ2) is 7.48. The zero-order chi connectivity index (χ0) is 20.8. The van der Waals surface area contributed by atoms with Gasteiger partial charge in [-0.1, -0.05) is 65.6 Å². The predicted molar refractivity (Wildman–Crippen MR) is 119 cm³/mol. The minimum Gasteiger partial charge on any atom is -0.357 e. The second-order valence-corrected chi connectivity index (χ2v) is 9.70. The monoisotopic (exact) mass is 466 g/mol. The van der Waals surface area contributed by atoms with Gasteiger partial charge in [-0.25, -0.2) is 0 Å². The van der Waals surface area contributed by atoms with Crippen LogP contribution in [-0.4, -0.2) is 5.78 Å². The van der Waals surface area contributed by atoms with Crippen LogP contribution in [-0.2, 0) is 4.79 Å². The van der Waals surface area contributed by atoms with Crippen molar-refractivity contribution in [2.24, 2.45) is 5.41 Å². The Kier molecular flexibility index (Phi) is 5.14. The molecular weight excluding hydrogens is 448 g/mol. The number of benzene rings is 2. The number of rotatable bonds is 2. The highest BCUT2D eigenvalue weighted by Crippen LogP contribution is 2.47.